The number of nitrogens with one attached hydrogen (secondary N) is 2. The van der Waals surface area contributed by atoms with Gasteiger partial charge in [-0.3, -0.25) is 4.99 Å². The molecule has 20 heavy (non-hydrogen) atoms. The second-order valence-corrected chi connectivity index (χ2v) is 5.25. The molecule has 1 aromatic carbocycles. The molecule has 0 saturated heterocycles. The van der Waals surface area contributed by atoms with Gasteiger partial charge in [-0.15, -0.1) is 0 Å². The molecule has 1 aliphatic rings. The number of hydrogen-bond donors (Lipinski definition) is 2. The first-order chi connectivity index (χ1) is 9.83. The summed E-state index contributed by atoms with van der Waals surface area (Å²) in [4.78, 5) is 4.32. The van der Waals surface area contributed by atoms with Gasteiger partial charge in [-0.1, -0.05) is 49.4 Å². The third kappa shape index (κ3) is 4.12. The van der Waals surface area contributed by atoms with Crippen LogP contribution in [-0.4, -0.2) is 25.6 Å². The maximum absolute atomic E-state index is 4.32. The van der Waals surface area contributed by atoms with E-state index >= 15 is 0 Å². The van der Waals surface area contributed by atoms with Crippen LogP contribution in [0.3, 0.4) is 0 Å². The topological polar surface area (TPSA) is 36.4 Å². The van der Waals surface area contributed by atoms with Gasteiger partial charge in [-0.25, -0.2) is 0 Å². The number of rotatable bonds is 5. The molecule has 0 saturated carbocycles. The highest BCUT2D eigenvalue weighted by atomic mass is 15.2. The summed E-state index contributed by atoms with van der Waals surface area (Å²) in [6.45, 7) is 3.15. The fourth-order valence-corrected chi connectivity index (χ4v) is 2.57. The summed E-state index contributed by atoms with van der Waals surface area (Å²) in [5, 5.41) is 6.93. The van der Waals surface area contributed by atoms with Gasteiger partial charge in [0.15, 0.2) is 5.96 Å². The second kappa shape index (κ2) is 7.73. The second-order valence-electron chi connectivity index (χ2n) is 5.25. The Hall–Kier alpha value is -1.77. The molecule has 0 aromatic heterocycles. The highest BCUT2D eigenvalue weighted by Crippen LogP contribution is 2.18. The summed E-state index contributed by atoms with van der Waals surface area (Å²) in [5.74, 6) is 1.43. The summed E-state index contributed by atoms with van der Waals surface area (Å²) in [7, 11) is 1.83. The van der Waals surface area contributed by atoms with Crippen molar-refractivity contribution in [2.45, 2.75) is 38.1 Å². The van der Waals surface area contributed by atoms with Crippen LogP contribution in [0.4, 0.5) is 0 Å². The van der Waals surface area contributed by atoms with Crippen LogP contribution in [0, 0.1) is 0 Å². The average molecular weight is 271 g/mol. The lowest BCUT2D eigenvalue weighted by atomic mass is 9.97. The predicted octanol–water partition coefficient (Wildman–Crippen LogP) is 3.06. The molecule has 1 aromatic rings. The van der Waals surface area contributed by atoms with Crippen molar-refractivity contribution in [2.75, 3.05) is 13.6 Å². The maximum atomic E-state index is 4.32. The van der Waals surface area contributed by atoms with E-state index in [0.29, 0.717) is 12.0 Å². The van der Waals surface area contributed by atoms with E-state index in [9.17, 15) is 0 Å². The lowest BCUT2D eigenvalue weighted by Gasteiger charge is -2.21. The van der Waals surface area contributed by atoms with E-state index in [0.717, 1.165) is 31.8 Å². The van der Waals surface area contributed by atoms with Crippen molar-refractivity contribution in [3.8, 4) is 0 Å². The fraction of sp³-hybridized carbons (Fsp3) is 0.471. The zero-order valence-corrected chi connectivity index (χ0v) is 12.5. The van der Waals surface area contributed by atoms with Crippen LogP contribution < -0.4 is 10.6 Å². The molecule has 3 heteroatoms. The Balaban J connectivity index is 1.85. The van der Waals surface area contributed by atoms with Crippen molar-refractivity contribution >= 4 is 5.96 Å². The Morgan fingerprint density at radius 2 is 1.95 bits per heavy atom. The molecule has 2 rings (SSSR count). The number of guanidine groups is 1. The molecule has 1 atom stereocenters. The monoisotopic (exact) mass is 271 g/mol. The minimum absolute atomic E-state index is 0.498. The van der Waals surface area contributed by atoms with Crippen molar-refractivity contribution in [3.63, 3.8) is 0 Å². The van der Waals surface area contributed by atoms with Gasteiger partial charge < -0.3 is 10.6 Å². The van der Waals surface area contributed by atoms with E-state index in [2.05, 4.69) is 65.0 Å². The summed E-state index contributed by atoms with van der Waals surface area (Å²) in [5.41, 5.74) is 1.39. The molecular weight excluding hydrogens is 246 g/mol. The lowest BCUT2D eigenvalue weighted by Crippen LogP contribution is -2.43. The van der Waals surface area contributed by atoms with E-state index in [1.54, 1.807) is 0 Å². The van der Waals surface area contributed by atoms with Crippen LogP contribution in [0.5, 0.6) is 0 Å². The lowest BCUT2D eigenvalue weighted by molar-refractivity contribution is 0.600. The van der Waals surface area contributed by atoms with Gasteiger partial charge in [0, 0.05) is 25.6 Å². The van der Waals surface area contributed by atoms with E-state index < -0.39 is 0 Å². The predicted molar refractivity (Wildman–Crippen MR) is 86.1 cm³/mol. The SMILES string of the molecule is CCC(CNC(=NC)NC1CC=CC1)c1ccccc1. The molecule has 1 unspecified atom stereocenters. The Kier molecular flexibility index (Phi) is 5.66. The first kappa shape index (κ1) is 14.6. The molecule has 0 amide bonds. The van der Waals surface area contributed by atoms with Gasteiger partial charge in [-0.2, -0.15) is 0 Å². The molecule has 3 nitrogen and oxygen atoms in total. The van der Waals surface area contributed by atoms with Crippen LogP contribution >= 0.6 is 0 Å². The van der Waals surface area contributed by atoms with E-state index in [1.807, 2.05) is 7.05 Å². The van der Waals surface area contributed by atoms with Gasteiger partial charge in [0.25, 0.3) is 0 Å². The van der Waals surface area contributed by atoms with Crippen LogP contribution in [0.15, 0.2) is 47.5 Å². The smallest absolute Gasteiger partial charge is 0.191 e. The van der Waals surface area contributed by atoms with Crippen LogP contribution in [0.25, 0.3) is 0 Å². The summed E-state index contributed by atoms with van der Waals surface area (Å²) >= 11 is 0. The maximum Gasteiger partial charge on any atom is 0.191 e. The third-order valence-corrected chi connectivity index (χ3v) is 3.85. The molecule has 2 N–H and O–H groups in total. The van der Waals surface area contributed by atoms with Gasteiger partial charge >= 0.3 is 0 Å². The first-order valence-corrected chi connectivity index (χ1v) is 7.50. The highest BCUT2D eigenvalue weighted by molar-refractivity contribution is 5.80. The molecule has 0 fully saturated rings. The molecular formula is C17H25N3. The summed E-state index contributed by atoms with van der Waals surface area (Å²) < 4.78 is 0. The molecule has 1 aliphatic carbocycles. The van der Waals surface area contributed by atoms with Crippen LogP contribution in [0.1, 0.15) is 37.7 Å². The number of hydrogen-bond acceptors (Lipinski definition) is 1. The number of aliphatic imine (C=N–C) groups is 1. The molecule has 108 valence electrons. The van der Waals surface area contributed by atoms with Crippen LogP contribution in [0.2, 0.25) is 0 Å². The minimum Gasteiger partial charge on any atom is -0.356 e. The van der Waals surface area contributed by atoms with E-state index in [1.165, 1.54) is 5.56 Å². The van der Waals surface area contributed by atoms with Gasteiger partial charge in [0.1, 0.15) is 0 Å². The number of benzene rings is 1. The average Bonchev–Trinajstić information content (AvgIpc) is 3.00. The van der Waals surface area contributed by atoms with Crippen molar-refractivity contribution in [1.29, 1.82) is 0 Å². The fourth-order valence-electron chi connectivity index (χ4n) is 2.57. The van der Waals surface area contributed by atoms with E-state index in [4.69, 9.17) is 0 Å². The van der Waals surface area contributed by atoms with Crippen molar-refractivity contribution in [2.24, 2.45) is 4.99 Å². The number of nitrogens with zero attached hydrogens (tertiary/aromatic N) is 1. The Morgan fingerprint density at radius 3 is 2.55 bits per heavy atom. The van der Waals surface area contributed by atoms with Gasteiger partial charge in [0.2, 0.25) is 0 Å². The largest absolute Gasteiger partial charge is 0.356 e. The van der Waals surface area contributed by atoms with Crippen LogP contribution in [-0.2, 0) is 0 Å². The molecule has 0 spiro atoms. The van der Waals surface area contributed by atoms with E-state index in [-0.39, 0.29) is 0 Å². The van der Waals surface area contributed by atoms with Crippen molar-refractivity contribution in [3.05, 3.63) is 48.0 Å². The molecule has 0 radical (unpaired) electrons. The van der Waals surface area contributed by atoms with Crippen molar-refractivity contribution < 1.29 is 0 Å². The molecule has 0 aliphatic heterocycles. The summed E-state index contributed by atoms with van der Waals surface area (Å²) in [6.07, 6.45) is 7.76. The zero-order valence-electron chi connectivity index (χ0n) is 12.5. The Morgan fingerprint density at radius 1 is 1.25 bits per heavy atom. The van der Waals surface area contributed by atoms with Gasteiger partial charge in [0.05, 0.1) is 0 Å². The Bertz CT molecular complexity index is 443. The zero-order chi connectivity index (χ0) is 14.2. The third-order valence-electron chi connectivity index (χ3n) is 3.85. The Labute approximate surface area is 122 Å². The normalized spacial score (nSPS) is 17.2. The quantitative estimate of drug-likeness (QED) is 0.490. The first-order valence-electron chi connectivity index (χ1n) is 7.50. The standard InChI is InChI=1S/C17H25N3/c1-3-14(15-9-5-4-6-10-15)13-19-17(18-2)20-16-11-7-8-12-16/h4-10,14,16H,3,11-13H2,1-2H3,(H2,18,19,20). The van der Waals surface area contributed by atoms with Gasteiger partial charge in [-0.05, 0) is 24.8 Å². The molecule has 0 bridgehead atoms. The highest BCUT2D eigenvalue weighted by Gasteiger charge is 2.13. The van der Waals surface area contributed by atoms with Crippen molar-refractivity contribution in [1.82, 2.24) is 10.6 Å². The molecule has 0 heterocycles. The minimum atomic E-state index is 0.498. The summed E-state index contributed by atoms with van der Waals surface area (Å²) in [6, 6.07) is 11.2.